The number of alkyl carbamates (subject to hydrolysis) is 1. The van der Waals surface area contributed by atoms with E-state index in [2.05, 4.69) is 16.0 Å². The molecule has 2 bridgehead atoms. The van der Waals surface area contributed by atoms with Crippen LogP contribution in [0.1, 0.15) is 71.6 Å². The van der Waals surface area contributed by atoms with Crippen molar-refractivity contribution in [2.75, 3.05) is 26.3 Å². The second-order valence-corrected chi connectivity index (χ2v) is 12.0. The number of likely N-dealkylation sites (tertiary alicyclic amines) is 1. The summed E-state index contributed by atoms with van der Waals surface area (Å²) >= 11 is 0. The van der Waals surface area contributed by atoms with Gasteiger partial charge in [-0.1, -0.05) is 20.3 Å². The Labute approximate surface area is 219 Å². The largest absolute Gasteiger partial charge is 0.447 e. The molecule has 0 unspecified atom stereocenters. The van der Waals surface area contributed by atoms with E-state index in [9.17, 15) is 24.3 Å². The number of nitrogens with zero attached hydrogens (tertiary/aromatic N) is 1. The van der Waals surface area contributed by atoms with Crippen LogP contribution in [0, 0.1) is 29.6 Å². The molecule has 4 rings (SSSR count). The van der Waals surface area contributed by atoms with Crippen molar-refractivity contribution in [3.63, 3.8) is 0 Å². The van der Waals surface area contributed by atoms with E-state index in [0.29, 0.717) is 44.6 Å². The highest BCUT2D eigenvalue weighted by atomic mass is 16.5. The van der Waals surface area contributed by atoms with Gasteiger partial charge in [-0.3, -0.25) is 14.4 Å². The molecule has 0 aromatic carbocycles. The minimum atomic E-state index is -0.825. The van der Waals surface area contributed by atoms with Crippen molar-refractivity contribution in [2.45, 2.75) is 89.8 Å². The van der Waals surface area contributed by atoms with E-state index in [1.54, 1.807) is 0 Å². The van der Waals surface area contributed by atoms with Crippen LogP contribution in [0.5, 0.6) is 0 Å². The number of hydrogen-bond acceptors (Lipinski definition) is 6. The second-order valence-electron chi connectivity index (χ2n) is 12.0. The fraction of sp³-hybridized carbons (Fsp3) is 0.852. The lowest BCUT2D eigenvalue weighted by atomic mass is 9.88. The molecule has 4 N–H and O–H groups in total. The second kappa shape index (κ2) is 12.5. The van der Waals surface area contributed by atoms with Gasteiger partial charge >= 0.3 is 6.09 Å². The molecule has 37 heavy (non-hydrogen) atoms. The summed E-state index contributed by atoms with van der Waals surface area (Å²) in [5.41, 5.74) is 0. The number of aliphatic hydroxyl groups excluding tert-OH is 1. The van der Waals surface area contributed by atoms with Gasteiger partial charge in [0.25, 0.3) is 0 Å². The van der Waals surface area contributed by atoms with Crippen LogP contribution >= 0.6 is 0 Å². The summed E-state index contributed by atoms with van der Waals surface area (Å²) in [6.07, 6.45) is 6.99. The lowest BCUT2D eigenvalue weighted by Gasteiger charge is -2.31. The summed E-state index contributed by atoms with van der Waals surface area (Å²) in [6.45, 7) is 5.10. The molecule has 4 aliphatic rings. The first-order valence-electron chi connectivity index (χ1n) is 14.1. The third kappa shape index (κ3) is 7.15. The van der Waals surface area contributed by atoms with Crippen LogP contribution in [0.25, 0.3) is 0 Å². The van der Waals surface area contributed by atoms with Gasteiger partial charge in [0.05, 0.1) is 18.7 Å². The maximum Gasteiger partial charge on any atom is 0.407 e. The zero-order valence-electron chi connectivity index (χ0n) is 22.2. The van der Waals surface area contributed by atoms with E-state index in [4.69, 9.17) is 4.74 Å². The molecule has 2 heterocycles. The highest BCUT2D eigenvalue weighted by Crippen LogP contribution is 2.48. The lowest BCUT2D eigenvalue weighted by molar-refractivity contribution is -0.130. The zero-order valence-corrected chi connectivity index (χ0v) is 22.2. The van der Waals surface area contributed by atoms with Gasteiger partial charge in [0.2, 0.25) is 17.7 Å². The van der Waals surface area contributed by atoms with Crippen molar-refractivity contribution in [3.05, 3.63) is 0 Å². The smallest absolute Gasteiger partial charge is 0.407 e. The highest BCUT2D eigenvalue weighted by molar-refractivity contribution is 5.86. The number of aliphatic hydroxyl groups is 1. The molecular formula is C27H44N4O6. The average Bonchev–Trinajstić information content (AvgIpc) is 3.64. The molecule has 2 aliphatic heterocycles. The normalized spacial score (nSPS) is 30.5. The van der Waals surface area contributed by atoms with Crippen molar-refractivity contribution >= 4 is 23.8 Å². The van der Waals surface area contributed by atoms with Crippen LogP contribution in [0.15, 0.2) is 0 Å². The van der Waals surface area contributed by atoms with Crippen molar-refractivity contribution in [2.24, 2.45) is 29.6 Å². The Balaban J connectivity index is 1.26. The molecule has 0 radical (unpaired) electrons. The molecule has 7 atom stereocenters. The molecule has 10 nitrogen and oxygen atoms in total. The van der Waals surface area contributed by atoms with E-state index in [1.165, 1.54) is 25.7 Å². The van der Waals surface area contributed by atoms with Gasteiger partial charge in [-0.2, -0.15) is 0 Å². The van der Waals surface area contributed by atoms with Gasteiger partial charge in [0, 0.05) is 25.4 Å². The fourth-order valence-corrected chi connectivity index (χ4v) is 6.82. The van der Waals surface area contributed by atoms with Gasteiger partial charge in [0.1, 0.15) is 12.6 Å². The summed E-state index contributed by atoms with van der Waals surface area (Å²) < 4.78 is 5.52. The standard InChI is InChI=1S/C27H44N4O6/c1-16(2)9-23(26(35)29-21(14-32)12-19-7-8-28-25(19)34)30-27(36)37-15-22-5-6-24(33)31(22)13-20-11-17-3-4-18(20)10-17/h16-23,32H,3-15H2,1-2H3,(H,28,34)(H,29,35)(H,30,36)/t17-,18+,19+,20-,21+,22+,23+/m1/s1. The molecule has 2 saturated carbocycles. The van der Waals surface area contributed by atoms with Crippen molar-refractivity contribution in [3.8, 4) is 0 Å². The maximum absolute atomic E-state index is 13.0. The maximum atomic E-state index is 13.0. The molecule has 0 aromatic heterocycles. The minimum absolute atomic E-state index is 0.0620. The van der Waals surface area contributed by atoms with Crippen LogP contribution in [0.2, 0.25) is 0 Å². The van der Waals surface area contributed by atoms with Crippen LogP contribution in [-0.2, 0) is 19.1 Å². The number of fused-ring (bicyclic) bond motifs is 2. The number of rotatable bonds is 12. The summed E-state index contributed by atoms with van der Waals surface area (Å²) in [5, 5.41) is 18.0. The van der Waals surface area contributed by atoms with Crippen LogP contribution in [0.3, 0.4) is 0 Å². The minimum Gasteiger partial charge on any atom is -0.447 e. The van der Waals surface area contributed by atoms with Crippen molar-refractivity contribution in [1.29, 1.82) is 0 Å². The van der Waals surface area contributed by atoms with E-state index in [1.807, 2.05) is 18.7 Å². The predicted octanol–water partition coefficient (Wildman–Crippen LogP) is 1.56. The molecule has 0 spiro atoms. The van der Waals surface area contributed by atoms with Crippen LogP contribution in [0.4, 0.5) is 4.79 Å². The Morgan fingerprint density at radius 3 is 2.57 bits per heavy atom. The Bertz CT molecular complexity index is 851. The SMILES string of the molecule is CC(C)C[C@H](NC(=O)OC[C@@H]1CCC(=O)N1C[C@H]1C[C@@H]2CC[C@H]1C2)C(=O)N[C@H](CO)C[C@@H]1CCNC1=O. The van der Waals surface area contributed by atoms with Gasteiger partial charge in [-0.15, -0.1) is 0 Å². The van der Waals surface area contributed by atoms with Gasteiger partial charge < -0.3 is 30.7 Å². The van der Waals surface area contributed by atoms with Gasteiger partial charge in [0.15, 0.2) is 0 Å². The number of nitrogens with one attached hydrogen (secondary N) is 3. The summed E-state index contributed by atoms with van der Waals surface area (Å²) in [7, 11) is 0. The molecular weight excluding hydrogens is 476 g/mol. The molecule has 4 amide bonds. The Hall–Kier alpha value is -2.36. The third-order valence-electron chi connectivity index (χ3n) is 8.79. The van der Waals surface area contributed by atoms with E-state index >= 15 is 0 Å². The fourth-order valence-electron chi connectivity index (χ4n) is 6.82. The number of carbonyl (C=O) groups excluding carboxylic acids is 4. The van der Waals surface area contributed by atoms with E-state index < -0.39 is 24.1 Å². The molecule has 0 aromatic rings. The first-order valence-corrected chi connectivity index (χ1v) is 14.1. The lowest BCUT2D eigenvalue weighted by Crippen LogP contribution is -2.52. The first-order chi connectivity index (χ1) is 17.7. The van der Waals surface area contributed by atoms with Crippen molar-refractivity contribution < 1.29 is 29.0 Å². The zero-order chi connectivity index (χ0) is 26.5. The highest BCUT2D eigenvalue weighted by Gasteiger charge is 2.43. The number of amides is 4. The quantitative estimate of drug-likeness (QED) is 0.308. The molecule has 4 fully saturated rings. The van der Waals surface area contributed by atoms with Crippen LogP contribution < -0.4 is 16.0 Å². The summed E-state index contributed by atoms with van der Waals surface area (Å²) in [6, 6.07) is -1.52. The predicted molar refractivity (Wildman–Crippen MR) is 136 cm³/mol. The first kappa shape index (κ1) is 27.7. The molecule has 208 valence electrons. The Kier molecular flexibility index (Phi) is 9.31. The van der Waals surface area contributed by atoms with E-state index in [-0.39, 0.29) is 42.9 Å². The van der Waals surface area contributed by atoms with Crippen molar-refractivity contribution in [1.82, 2.24) is 20.9 Å². The summed E-state index contributed by atoms with van der Waals surface area (Å²) in [4.78, 5) is 52.1. The molecule has 2 saturated heterocycles. The number of hydrogen-bond donors (Lipinski definition) is 4. The topological polar surface area (TPSA) is 137 Å². The van der Waals surface area contributed by atoms with Gasteiger partial charge in [-0.25, -0.2) is 4.79 Å². The number of ether oxygens (including phenoxy) is 1. The Morgan fingerprint density at radius 1 is 1.14 bits per heavy atom. The van der Waals surface area contributed by atoms with Gasteiger partial charge in [-0.05, 0) is 68.6 Å². The molecule has 2 aliphatic carbocycles. The Morgan fingerprint density at radius 2 is 1.95 bits per heavy atom. The average molecular weight is 521 g/mol. The van der Waals surface area contributed by atoms with Crippen LogP contribution in [-0.4, -0.2) is 78.3 Å². The monoisotopic (exact) mass is 520 g/mol. The summed E-state index contributed by atoms with van der Waals surface area (Å²) in [5.74, 6) is 1.67. The van der Waals surface area contributed by atoms with E-state index in [0.717, 1.165) is 18.4 Å². The molecule has 10 heteroatoms. The third-order valence-corrected chi connectivity index (χ3v) is 8.79. The number of carbonyl (C=O) groups is 4.